The highest BCUT2D eigenvalue weighted by Crippen LogP contribution is 2.34. The van der Waals surface area contributed by atoms with Crippen LogP contribution in [0.5, 0.6) is 11.6 Å². The number of benzene rings is 1. The van der Waals surface area contributed by atoms with Crippen molar-refractivity contribution in [2.75, 3.05) is 66.1 Å². The maximum Gasteiger partial charge on any atom is 0.258 e. The summed E-state index contributed by atoms with van der Waals surface area (Å²) in [5.41, 5.74) is 1.27. The van der Waals surface area contributed by atoms with Crippen molar-refractivity contribution in [3.05, 3.63) is 47.5 Å². The number of ether oxygens (including phenoxy) is 2. The Morgan fingerprint density at radius 1 is 1.08 bits per heavy atom. The van der Waals surface area contributed by atoms with Crippen molar-refractivity contribution in [2.24, 2.45) is 11.8 Å². The lowest BCUT2D eigenvalue weighted by molar-refractivity contribution is -0.134. The normalized spacial score (nSPS) is 17.1. The molecule has 2 amide bonds. The first-order valence-electron chi connectivity index (χ1n) is 13.3. The molecule has 0 bridgehead atoms. The summed E-state index contributed by atoms with van der Waals surface area (Å²) in [7, 11) is 6.54. The second kappa shape index (κ2) is 12.5. The van der Waals surface area contributed by atoms with E-state index in [1.54, 1.807) is 27.3 Å². The predicted octanol–water partition coefficient (Wildman–Crippen LogP) is 4.01. The number of aromatic nitrogens is 1. The Morgan fingerprint density at radius 3 is 2.45 bits per heavy atom. The highest BCUT2D eigenvalue weighted by molar-refractivity contribution is 5.96. The quantitative estimate of drug-likeness (QED) is 0.466. The third kappa shape index (κ3) is 6.19. The van der Waals surface area contributed by atoms with Gasteiger partial charge in [-0.05, 0) is 67.3 Å². The molecule has 2 aliphatic heterocycles. The molecule has 9 heteroatoms. The van der Waals surface area contributed by atoms with E-state index < -0.39 is 12.6 Å². The number of alkyl halides is 1. The highest BCUT2D eigenvalue weighted by Gasteiger charge is 2.34. The molecule has 1 unspecified atom stereocenters. The van der Waals surface area contributed by atoms with Crippen molar-refractivity contribution >= 4 is 17.6 Å². The minimum absolute atomic E-state index is 0.0142. The van der Waals surface area contributed by atoms with Gasteiger partial charge in [0.25, 0.3) is 5.91 Å². The van der Waals surface area contributed by atoms with Crippen molar-refractivity contribution in [1.29, 1.82) is 0 Å². The Labute approximate surface area is 224 Å². The molecule has 0 saturated carbocycles. The zero-order chi connectivity index (χ0) is 27.2. The van der Waals surface area contributed by atoms with Crippen LogP contribution in [0.3, 0.4) is 0 Å². The maximum absolute atomic E-state index is 13.3. The Bertz CT molecular complexity index is 1110. The molecule has 3 heterocycles. The van der Waals surface area contributed by atoms with E-state index in [1.807, 2.05) is 35.2 Å². The fourth-order valence-corrected chi connectivity index (χ4v) is 5.55. The van der Waals surface area contributed by atoms with Gasteiger partial charge >= 0.3 is 0 Å². The van der Waals surface area contributed by atoms with Crippen LogP contribution in [0.2, 0.25) is 0 Å². The number of nitrogens with zero attached hydrogens (tertiary/aromatic N) is 4. The molecule has 2 aliphatic rings. The Kier molecular flexibility index (Phi) is 9.07. The van der Waals surface area contributed by atoms with Gasteiger partial charge in [-0.1, -0.05) is 12.1 Å². The summed E-state index contributed by atoms with van der Waals surface area (Å²) in [5, 5.41) is 0. The molecular weight excluding hydrogens is 487 g/mol. The molecule has 206 valence electrons. The summed E-state index contributed by atoms with van der Waals surface area (Å²) in [6.45, 7) is 2.74. The number of amides is 2. The molecule has 1 aromatic heterocycles. The van der Waals surface area contributed by atoms with Crippen LogP contribution in [0.1, 0.15) is 47.5 Å². The summed E-state index contributed by atoms with van der Waals surface area (Å²) in [4.78, 5) is 35.9. The van der Waals surface area contributed by atoms with Crippen molar-refractivity contribution in [3.63, 3.8) is 0 Å². The minimum Gasteiger partial charge on any atom is -0.497 e. The van der Waals surface area contributed by atoms with Crippen LogP contribution in [0.4, 0.5) is 10.2 Å². The van der Waals surface area contributed by atoms with Gasteiger partial charge in [0.1, 0.15) is 17.1 Å². The minimum atomic E-state index is -0.530. The average molecular weight is 527 g/mol. The summed E-state index contributed by atoms with van der Waals surface area (Å²) >= 11 is 0. The zero-order valence-electron chi connectivity index (χ0n) is 22.9. The van der Waals surface area contributed by atoms with Gasteiger partial charge in [0, 0.05) is 40.3 Å². The monoisotopic (exact) mass is 526 g/mol. The van der Waals surface area contributed by atoms with Crippen LogP contribution in [0.15, 0.2) is 36.4 Å². The maximum atomic E-state index is 13.3. The predicted molar refractivity (Wildman–Crippen MR) is 145 cm³/mol. The lowest BCUT2D eigenvalue weighted by Gasteiger charge is -2.43. The van der Waals surface area contributed by atoms with Crippen molar-refractivity contribution in [3.8, 4) is 11.6 Å². The molecule has 8 nitrogen and oxygen atoms in total. The van der Waals surface area contributed by atoms with Gasteiger partial charge in [0.15, 0.2) is 0 Å². The van der Waals surface area contributed by atoms with Crippen LogP contribution in [0, 0.1) is 11.8 Å². The van der Waals surface area contributed by atoms with E-state index in [4.69, 9.17) is 9.47 Å². The number of hydrogen-bond donors (Lipinski definition) is 0. The molecule has 2 saturated heterocycles. The molecule has 0 radical (unpaired) electrons. The van der Waals surface area contributed by atoms with E-state index in [0.29, 0.717) is 42.1 Å². The first-order valence-corrected chi connectivity index (χ1v) is 13.3. The number of hydrogen-bond acceptors (Lipinski definition) is 6. The third-order valence-corrected chi connectivity index (χ3v) is 7.74. The number of piperidine rings is 1. The van der Waals surface area contributed by atoms with Gasteiger partial charge in [0.2, 0.25) is 11.8 Å². The second-order valence-electron chi connectivity index (χ2n) is 10.5. The Morgan fingerprint density at radius 2 is 1.82 bits per heavy atom. The van der Waals surface area contributed by atoms with Gasteiger partial charge < -0.3 is 24.2 Å². The fourth-order valence-electron chi connectivity index (χ4n) is 5.55. The largest absolute Gasteiger partial charge is 0.497 e. The third-order valence-electron chi connectivity index (χ3n) is 7.74. The number of pyridine rings is 1. The summed E-state index contributed by atoms with van der Waals surface area (Å²) in [6, 6.07) is 11.1. The number of carbonyl (C=O) groups is 2. The molecule has 1 aromatic carbocycles. The van der Waals surface area contributed by atoms with Crippen LogP contribution < -0.4 is 14.4 Å². The molecule has 38 heavy (non-hydrogen) atoms. The molecule has 0 aliphatic carbocycles. The number of carbonyl (C=O) groups excluding carboxylic acids is 2. The van der Waals surface area contributed by atoms with Gasteiger partial charge in [-0.3, -0.25) is 14.0 Å². The number of rotatable bonds is 10. The topological polar surface area (TPSA) is 75.2 Å². The van der Waals surface area contributed by atoms with E-state index in [9.17, 15) is 14.0 Å². The summed E-state index contributed by atoms with van der Waals surface area (Å²) in [6.07, 6.45) is 3.25. The van der Waals surface area contributed by atoms with Gasteiger partial charge in [-0.25, -0.2) is 0 Å². The van der Waals surface area contributed by atoms with E-state index >= 15 is 0 Å². The van der Waals surface area contributed by atoms with Gasteiger partial charge in [-0.2, -0.15) is 4.98 Å². The van der Waals surface area contributed by atoms with E-state index in [-0.39, 0.29) is 18.2 Å². The first-order chi connectivity index (χ1) is 18.3. The number of halogens is 1. The molecule has 2 aromatic rings. The SMILES string of the molecule is COc1cccc(C(CCF)C(=O)N2CCC(CC3CN(c4ccc(C(=O)N(C)C)c(OC)n4)C3)CC2)c1. The van der Waals surface area contributed by atoms with Crippen LogP contribution in [0.25, 0.3) is 0 Å². The van der Waals surface area contributed by atoms with E-state index in [2.05, 4.69) is 9.88 Å². The standard InChI is InChI=1S/C29H39FN4O4/c1-32(2)28(35)25-8-9-26(31-27(25)38-4)34-18-21(19-34)16-20-11-14-33(15-12-20)29(36)24(10-13-30)22-6-5-7-23(17-22)37-3/h5-9,17,20-21,24H,10-16,18-19H2,1-4H3. The zero-order valence-corrected chi connectivity index (χ0v) is 22.9. The van der Waals surface area contributed by atoms with E-state index in [0.717, 1.165) is 43.7 Å². The van der Waals surface area contributed by atoms with Crippen LogP contribution >= 0.6 is 0 Å². The van der Waals surface area contributed by atoms with E-state index in [1.165, 1.54) is 12.0 Å². The van der Waals surface area contributed by atoms with Crippen LogP contribution in [-0.4, -0.2) is 87.8 Å². The van der Waals surface area contributed by atoms with Crippen molar-refractivity contribution < 1.29 is 23.5 Å². The number of methoxy groups -OCH3 is 2. The molecular formula is C29H39FN4O4. The summed E-state index contributed by atoms with van der Waals surface area (Å²) in [5.74, 6) is 2.41. The first kappa shape index (κ1) is 27.7. The smallest absolute Gasteiger partial charge is 0.258 e. The molecule has 2 fully saturated rings. The molecule has 4 rings (SSSR count). The van der Waals surface area contributed by atoms with Crippen molar-refractivity contribution in [2.45, 2.75) is 31.6 Å². The Balaban J connectivity index is 1.27. The van der Waals surface area contributed by atoms with Crippen molar-refractivity contribution in [1.82, 2.24) is 14.8 Å². The molecule has 0 spiro atoms. The highest BCUT2D eigenvalue weighted by atomic mass is 19.1. The molecule has 0 N–H and O–H groups in total. The fraction of sp³-hybridized carbons (Fsp3) is 0.552. The van der Waals surface area contributed by atoms with Gasteiger partial charge in [-0.15, -0.1) is 0 Å². The lowest BCUT2D eigenvalue weighted by Crippen LogP contribution is -2.49. The second-order valence-corrected chi connectivity index (χ2v) is 10.5. The number of anilines is 1. The average Bonchev–Trinajstić information content (AvgIpc) is 2.92. The molecule has 1 atom stereocenters. The lowest BCUT2D eigenvalue weighted by atomic mass is 9.83. The van der Waals surface area contributed by atoms with Gasteiger partial charge in [0.05, 0.1) is 26.8 Å². The number of likely N-dealkylation sites (tertiary alicyclic amines) is 1. The summed E-state index contributed by atoms with van der Waals surface area (Å²) < 4.78 is 24.0. The van der Waals surface area contributed by atoms with Crippen LogP contribution in [-0.2, 0) is 4.79 Å². The Hall–Kier alpha value is -3.36.